The third kappa shape index (κ3) is 3.88. The van der Waals surface area contributed by atoms with Crippen LogP contribution in [0.5, 0.6) is 0 Å². The van der Waals surface area contributed by atoms with Gasteiger partial charge >= 0.3 is 0 Å². The lowest BCUT2D eigenvalue weighted by Gasteiger charge is -2.55. The minimum absolute atomic E-state index is 0.281. The lowest BCUT2D eigenvalue weighted by atomic mass is 9.49. The van der Waals surface area contributed by atoms with Crippen molar-refractivity contribution in [2.75, 3.05) is 0 Å². The van der Waals surface area contributed by atoms with Crippen molar-refractivity contribution in [1.29, 1.82) is 0 Å². The molecule has 1 heteroatoms. The Morgan fingerprint density at radius 1 is 1.48 bits per heavy atom. The van der Waals surface area contributed by atoms with Gasteiger partial charge in [0.2, 0.25) is 0 Å². The average Bonchev–Trinajstić information content (AvgIpc) is 2.39. The normalized spacial score (nSPS) is 37.0. The van der Waals surface area contributed by atoms with Gasteiger partial charge in [-0.3, -0.25) is 0 Å². The third-order valence-electron chi connectivity index (χ3n) is 5.60. The summed E-state index contributed by atoms with van der Waals surface area (Å²) in [6.07, 6.45) is 11.0. The molecule has 2 rings (SSSR count). The van der Waals surface area contributed by atoms with E-state index in [0.717, 1.165) is 19.3 Å². The average molecular weight is 288 g/mol. The summed E-state index contributed by atoms with van der Waals surface area (Å²) in [4.78, 5) is 0. The van der Waals surface area contributed by atoms with Crippen molar-refractivity contribution < 1.29 is 5.11 Å². The molecule has 21 heavy (non-hydrogen) atoms. The van der Waals surface area contributed by atoms with Crippen LogP contribution in [0.4, 0.5) is 0 Å². The van der Waals surface area contributed by atoms with Gasteiger partial charge in [0.25, 0.3) is 0 Å². The summed E-state index contributed by atoms with van der Waals surface area (Å²) in [5.74, 6) is 1.39. The van der Waals surface area contributed by atoms with E-state index in [1.54, 1.807) is 0 Å². The molecule has 0 bridgehead atoms. The Morgan fingerprint density at radius 2 is 2.19 bits per heavy atom. The molecule has 0 heterocycles. The number of hydrogen-bond donors (Lipinski definition) is 1. The number of rotatable bonds is 3. The van der Waals surface area contributed by atoms with E-state index in [4.69, 9.17) is 0 Å². The summed E-state index contributed by atoms with van der Waals surface area (Å²) >= 11 is 0. The van der Waals surface area contributed by atoms with Crippen LogP contribution >= 0.6 is 0 Å². The van der Waals surface area contributed by atoms with Crippen LogP contribution in [0.3, 0.4) is 0 Å². The first-order valence-electron chi connectivity index (χ1n) is 8.48. The highest BCUT2D eigenvalue weighted by atomic mass is 16.3. The Morgan fingerprint density at radius 3 is 2.86 bits per heavy atom. The predicted molar refractivity (Wildman–Crippen MR) is 91.1 cm³/mol. The highest BCUT2D eigenvalue weighted by molar-refractivity contribution is 5.18. The summed E-state index contributed by atoms with van der Waals surface area (Å²) < 4.78 is 0. The van der Waals surface area contributed by atoms with Gasteiger partial charge in [0.15, 0.2) is 0 Å². The van der Waals surface area contributed by atoms with Gasteiger partial charge in [-0.25, -0.2) is 0 Å². The zero-order valence-electron chi connectivity index (χ0n) is 14.3. The van der Waals surface area contributed by atoms with Crippen molar-refractivity contribution in [3.05, 3.63) is 35.5 Å². The second kappa shape index (κ2) is 6.52. The predicted octanol–water partition coefficient (Wildman–Crippen LogP) is 5.42. The zero-order chi connectivity index (χ0) is 15.6. The molecule has 1 saturated carbocycles. The van der Waals surface area contributed by atoms with Crippen molar-refractivity contribution >= 4 is 0 Å². The minimum Gasteiger partial charge on any atom is -0.389 e. The van der Waals surface area contributed by atoms with Crippen molar-refractivity contribution in [3.8, 4) is 0 Å². The first-order valence-corrected chi connectivity index (χ1v) is 8.48. The number of aliphatic hydroxyl groups excluding tert-OH is 1. The van der Waals surface area contributed by atoms with Crippen LogP contribution in [0.15, 0.2) is 35.5 Å². The fourth-order valence-corrected chi connectivity index (χ4v) is 4.43. The van der Waals surface area contributed by atoms with Crippen LogP contribution in [0.25, 0.3) is 0 Å². The highest BCUT2D eigenvalue weighted by Gasteiger charge is 2.50. The van der Waals surface area contributed by atoms with Crippen molar-refractivity contribution in [3.63, 3.8) is 0 Å². The maximum absolute atomic E-state index is 10.3. The summed E-state index contributed by atoms with van der Waals surface area (Å²) in [6, 6.07) is 0. The molecule has 0 amide bonds. The number of hydrogen-bond acceptors (Lipinski definition) is 1. The first-order chi connectivity index (χ1) is 9.82. The van der Waals surface area contributed by atoms with Crippen LogP contribution in [0.2, 0.25) is 0 Å². The highest BCUT2D eigenvalue weighted by Crippen LogP contribution is 2.59. The Labute approximate surface area is 130 Å². The second-order valence-corrected chi connectivity index (χ2v) is 7.87. The topological polar surface area (TPSA) is 20.2 Å². The summed E-state index contributed by atoms with van der Waals surface area (Å²) in [7, 11) is 0. The van der Waals surface area contributed by atoms with Gasteiger partial charge in [-0.2, -0.15) is 0 Å². The van der Waals surface area contributed by atoms with E-state index < -0.39 is 0 Å². The number of allylic oxidation sites excluding steroid dienone is 4. The van der Waals surface area contributed by atoms with Crippen LogP contribution < -0.4 is 0 Å². The monoisotopic (exact) mass is 288 g/mol. The van der Waals surface area contributed by atoms with Gasteiger partial charge in [0, 0.05) is 0 Å². The molecule has 4 unspecified atom stereocenters. The van der Waals surface area contributed by atoms with Gasteiger partial charge in [-0.15, -0.1) is 0 Å². The summed E-state index contributed by atoms with van der Waals surface area (Å²) in [5, 5.41) is 10.3. The molecule has 1 N–H and O–H groups in total. The molecule has 0 saturated heterocycles. The molecule has 0 radical (unpaired) electrons. The number of fused-ring (bicyclic) bond motifs is 1. The molecule has 2 aliphatic rings. The Bertz CT molecular complexity index is 452. The lowest BCUT2D eigenvalue weighted by Crippen LogP contribution is -2.48. The largest absolute Gasteiger partial charge is 0.389 e. The van der Waals surface area contributed by atoms with Gasteiger partial charge in [-0.1, -0.05) is 42.4 Å². The van der Waals surface area contributed by atoms with Crippen LogP contribution in [0.1, 0.15) is 66.2 Å². The molecule has 2 aliphatic carbocycles. The Hall–Kier alpha value is -0.820. The molecule has 0 spiro atoms. The SMILES string of the molecule is C=C1CC/C=C(/C)CCC2C1CC2(C)CC(O)C=C(C)C. The van der Waals surface area contributed by atoms with E-state index in [1.807, 2.05) is 6.08 Å². The first kappa shape index (κ1) is 16.5. The maximum atomic E-state index is 10.3. The summed E-state index contributed by atoms with van der Waals surface area (Å²) in [6.45, 7) is 13.1. The molecular weight excluding hydrogens is 256 g/mol. The van der Waals surface area contributed by atoms with Crippen LogP contribution in [0, 0.1) is 17.3 Å². The van der Waals surface area contributed by atoms with Crippen LogP contribution in [-0.2, 0) is 0 Å². The van der Waals surface area contributed by atoms with Crippen molar-refractivity contribution in [2.24, 2.45) is 17.3 Å². The molecule has 0 aromatic heterocycles. The molecule has 0 aromatic rings. The fraction of sp³-hybridized carbons (Fsp3) is 0.700. The minimum atomic E-state index is -0.293. The van der Waals surface area contributed by atoms with Gasteiger partial charge < -0.3 is 5.11 Å². The lowest BCUT2D eigenvalue weighted by molar-refractivity contribution is -0.0437. The van der Waals surface area contributed by atoms with E-state index >= 15 is 0 Å². The number of aliphatic hydroxyl groups is 1. The molecule has 118 valence electrons. The van der Waals surface area contributed by atoms with Crippen LogP contribution in [-0.4, -0.2) is 11.2 Å². The van der Waals surface area contributed by atoms with E-state index in [1.165, 1.54) is 36.0 Å². The van der Waals surface area contributed by atoms with Crippen molar-refractivity contribution in [1.82, 2.24) is 0 Å². The second-order valence-electron chi connectivity index (χ2n) is 7.87. The van der Waals surface area contributed by atoms with Crippen molar-refractivity contribution in [2.45, 2.75) is 72.3 Å². The fourth-order valence-electron chi connectivity index (χ4n) is 4.43. The third-order valence-corrected chi connectivity index (χ3v) is 5.60. The van der Waals surface area contributed by atoms with E-state index in [-0.39, 0.29) is 11.5 Å². The Balaban J connectivity index is 2.08. The quantitative estimate of drug-likeness (QED) is 0.687. The standard InChI is InChI=1S/C20H32O/c1-14(2)11-17(21)12-20(5)13-18-16(4)8-6-7-15(3)9-10-19(18)20/h7,11,17-19,21H,4,6,8-10,12-13H2,1-3,5H3/b15-7-. The molecule has 1 nitrogen and oxygen atoms in total. The smallest absolute Gasteiger partial charge is 0.0728 e. The molecular formula is C20H32O. The molecule has 0 aliphatic heterocycles. The van der Waals surface area contributed by atoms with Gasteiger partial charge in [-0.05, 0) is 76.5 Å². The maximum Gasteiger partial charge on any atom is 0.0728 e. The van der Waals surface area contributed by atoms with E-state index in [9.17, 15) is 5.11 Å². The van der Waals surface area contributed by atoms with Gasteiger partial charge in [0.1, 0.15) is 0 Å². The Kier molecular flexibility index (Phi) is 5.14. The molecule has 1 fully saturated rings. The zero-order valence-corrected chi connectivity index (χ0v) is 14.3. The summed E-state index contributed by atoms with van der Waals surface area (Å²) in [5.41, 5.74) is 4.46. The molecule has 0 aromatic carbocycles. The molecule has 4 atom stereocenters. The van der Waals surface area contributed by atoms with E-state index in [0.29, 0.717) is 11.8 Å². The van der Waals surface area contributed by atoms with E-state index in [2.05, 4.69) is 40.3 Å². The van der Waals surface area contributed by atoms with Gasteiger partial charge in [0.05, 0.1) is 6.10 Å².